The van der Waals surface area contributed by atoms with Crippen molar-refractivity contribution in [2.24, 2.45) is 0 Å². The maximum Gasteiger partial charge on any atom is 0.255 e. The minimum absolute atomic E-state index is 0.174. The van der Waals surface area contributed by atoms with Crippen LogP contribution in [0.2, 0.25) is 0 Å². The van der Waals surface area contributed by atoms with Gasteiger partial charge in [0.1, 0.15) is 23.0 Å². The molecule has 2 rings (SSSR count). The Labute approximate surface area is 130 Å². The molecule has 0 aliphatic rings. The summed E-state index contributed by atoms with van der Waals surface area (Å²) in [7, 11) is 3.20. The Balaban J connectivity index is 2.23. The highest BCUT2D eigenvalue weighted by Crippen LogP contribution is 2.29. The number of aryl methyl sites for hydroxylation is 2. The number of rotatable bonds is 5. The van der Waals surface area contributed by atoms with E-state index in [0.29, 0.717) is 28.6 Å². The molecule has 1 heterocycles. The molecular weight excluding hydrogens is 282 g/mol. The van der Waals surface area contributed by atoms with Crippen LogP contribution in [0.4, 0.5) is 0 Å². The van der Waals surface area contributed by atoms with Gasteiger partial charge in [-0.25, -0.2) is 0 Å². The zero-order chi connectivity index (χ0) is 16.3. The van der Waals surface area contributed by atoms with Gasteiger partial charge in [-0.3, -0.25) is 4.79 Å². The second-order valence-corrected chi connectivity index (χ2v) is 5.13. The van der Waals surface area contributed by atoms with Crippen LogP contribution in [0.1, 0.15) is 40.4 Å². The molecule has 1 aromatic carbocycles. The lowest BCUT2D eigenvalue weighted by atomic mass is 10.1. The monoisotopic (exact) mass is 303 g/mol. The molecule has 0 aliphatic carbocycles. The molecule has 0 saturated carbocycles. The predicted molar refractivity (Wildman–Crippen MR) is 83.6 cm³/mol. The van der Waals surface area contributed by atoms with Gasteiger partial charge in [-0.15, -0.1) is 0 Å². The van der Waals surface area contributed by atoms with Crippen molar-refractivity contribution in [2.45, 2.75) is 26.8 Å². The summed E-state index contributed by atoms with van der Waals surface area (Å²) < 4.78 is 16.0. The van der Waals surface area contributed by atoms with Crippen molar-refractivity contribution >= 4 is 5.91 Å². The van der Waals surface area contributed by atoms with Crippen LogP contribution < -0.4 is 14.8 Å². The van der Waals surface area contributed by atoms with Gasteiger partial charge in [-0.2, -0.15) is 0 Å². The molecule has 1 atom stereocenters. The first kappa shape index (κ1) is 15.9. The van der Waals surface area contributed by atoms with Crippen molar-refractivity contribution < 1.29 is 18.7 Å². The molecule has 1 aromatic heterocycles. The smallest absolute Gasteiger partial charge is 0.255 e. The largest absolute Gasteiger partial charge is 0.497 e. The number of ether oxygens (including phenoxy) is 2. The Hall–Kier alpha value is -2.43. The molecule has 0 saturated heterocycles. The number of nitrogens with one attached hydrogen (secondary N) is 1. The fraction of sp³-hybridized carbons (Fsp3) is 0.353. The summed E-state index contributed by atoms with van der Waals surface area (Å²) in [5.41, 5.74) is 1.40. The zero-order valence-corrected chi connectivity index (χ0v) is 13.5. The fourth-order valence-corrected chi connectivity index (χ4v) is 2.39. The Kier molecular flexibility index (Phi) is 4.75. The van der Waals surface area contributed by atoms with E-state index in [1.807, 2.05) is 32.0 Å². The third kappa shape index (κ3) is 3.24. The van der Waals surface area contributed by atoms with E-state index < -0.39 is 0 Å². The average Bonchev–Trinajstić information content (AvgIpc) is 2.85. The number of methoxy groups -OCH3 is 2. The lowest BCUT2D eigenvalue weighted by Crippen LogP contribution is -2.27. The van der Waals surface area contributed by atoms with Crippen LogP contribution in [0.3, 0.4) is 0 Å². The molecule has 0 spiro atoms. The molecule has 1 amide bonds. The Bertz CT molecular complexity index is 675. The van der Waals surface area contributed by atoms with Crippen molar-refractivity contribution in [3.63, 3.8) is 0 Å². The third-order valence-electron chi connectivity index (χ3n) is 3.54. The average molecular weight is 303 g/mol. The number of hydrogen-bond acceptors (Lipinski definition) is 4. The van der Waals surface area contributed by atoms with Crippen molar-refractivity contribution in [1.82, 2.24) is 5.32 Å². The van der Waals surface area contributed by atoms with Crippen molar-refractivity contribution in [2.75, 3.05) is 14.2 Å². The predicted octanol–water partition coefficient (Wildman–Crippen LogP) is 3.40. The SMILES string of the molecule is COc1ccc(OC)c([C@H](C)NC(=O)c2cc(C)oc2C)c1. The van der Waals surface area contributed by atoms with E-state index in [0.717, 1.165) is 5.56 Å². The minimum atomic E-state index is -0.229. The first-order chi connectivity index (χ1) is 10.5. The minimum Gasteiger partial charge on any atom is -0.497 e. The molecular formula is C17H21NO4. The summed E-state index contributed by atoms with van der Waals surface area (Å²) in [6, 6.07) is 7.01. The van der Waals surface area contributed by atoms with E-state index in [-0.39, 0.29) is 11.9 Å². The van der Waals surface area contributed by atoms with Crippen LogP contribution >= 0.6 is 0 Å². The fourth-order valence-electron chi connectivity index (χ4n) is 2.39. The van der Waals surface area contributed by atoms with Gasteiger partial charge in [-0.1, -0.05) is 0 Å². The molecule has 118 valence electrons. The second kappa shape index (κ2) is 6.56. The molecule has 1 N–H and O–H groups in total. The van der Waals surface area contributed by atoms with E-state index in [4.69, 9.17) is 13.9 Å². The van der Waals surface area contributed by atoms with Crippen LogP contribution in [0, 0.1) is 13.8 Å². The maximum absolute atomic E-state index is 12.4. The lowest BCUT2D eigenvalue weighted by molar-refractivity contribution is 0.0938. The van der Waals surface area contributed by atoms with Gasteiger partial charge in [0.2, 0.25) is 0 Å². The van der Waals surface area contributed by atoms with Crippen molar-refractivity contribution in [3.8, 4) is 11.5 Å². The van der Waals surface area contributed by atoms with Crippen LogP contribution in [-0.2, 0) is 0 Å². The Morgan fingerprint density at radius 1 is 1.18 bits per heavy atom. The first-order valence-corrected chi connectivity index (χ1v) is 7.06. The molecule has 0 radical (unpaired) electrons. The quantitative estimate of drug-likeness (QED) is 0.919. The van der Waals surface area contributed by atoms with Crippen molar-refractivity contribution in [1.29, 1.82) is 0 Å². The normalized spacial score (nSPS) is 11.9. The van der Waals surface area contributed by atoms with Crippen LogP contribution in [0.5, 0.6) is 11.5 Å². The summed E-state index contributed by atoms with van der Waals surface area (Å²) in [5.74, 6) is 2.57. The Morgan fingerprint density at radius 2 is 1.91 bits per heavy atom. The summed E-state index contributed by atoms with van der Waals surface area (Å²) in [6.07, 6.45) is 0. The molecule has 0 aliphatic heterocycles. The first-order valence-electron chi connectivity index (χ1n) is 7.06. The van der Waals surface area contributed by atoms with E-state index >= 15 is 0 Å². The van der Waals surface area contributed by atoms with Crippen LogP contribution in [0.15, 0.2) is 28.7 Å². The van der Waals surface area contributed by atoms with E-state index in [1.54, 1.807) is 27.2 Å². The van der Waals surface area contributed by atoms with Gasteiger partial charge in [0, 0.05) is 5.56 Å². The summed E-state index contributed by atoms with van der Waals surface area (Å²) >= 11 is 0. The van der Waals surface area contributed by atoms with Gasteiger partial charge in [0.25, 0.3) is 5.91 Å². The van der Waals surface area contributed by atoms with E-state index in [9.17, 15) is 4.79 Å². The third-order valence-corrected chi connectivity index (χ3v) is 3.54. The van der Waals surface area contributed by atoms with Gasteiger partial charge in [0.05, 0.1) is 25.8 Å². The molecule has 0 fully saturated rings. The topological polar surface area (TPSA) is 60.7 Å². The van der Waals surface area contributed by atoms with E-state index in [1.165, 1.54) is 0 Å². The second-order valence-electron chi connectivity index (χ2n) is 5.13. The summed E-state index contributed by atoms with van der Waals surface area (Å²) in [4.78, 5) is 12.4. The van der Waals surface area contributed by atoms with Gasteiger partial charge in [-0.05, 0) is 45.0 Å². The number of amides is 1. The highest BCUT2D eigenvalue weighted by Gasteiger charge is 2.19. The number of hydrogen-bond donors (Lipinski definition) is 1. The van der Waals surface area contributed by atoms with Crippen LogP contribution in [0.25, 0.3) is 0 Å². The molecule has 5 heteroatoms. The summed E-state index contributed by atoms with van der Waals surface area (Å²) in [5, 5.41) is 2.96. The van der Waals surface area contributed by atoms with Crippen LogP contribution in [-0.4, -0.2) is 20.1 Å². The number of benzene rings is 1. The van der Waals surface area contributed by atoms with E-state index in [2.05, 4.69) is 5.32 Å². The van der Waals surface area contributed by atoms with Gasteiger partial charge >= 0.3 is 0 Å². The van der Waals surface area contributed by atoms with Crippen molar-refractivity contribution in [3.05, 3.63) is 46.9 Å². The molecule has 0 unspecified atom stereocenters. The number of furan rings is 1. The highest BCUT2D eigenvalue weighted by atomic mass is 16.5. The number of carbonyl (C=O) groups is 1. The molecule has 5 nitrogen and oxygen atoms in total. The van der Waals surface area contributed by atoms with Gasteiger partial charge < -0.3 is 19.2 Å². The molecule has 0 bridgehead atoms. The molecule has 22 heavy (non-hydrogen) atoms. The summed E-state index contributed by atoms with van der Waals surface area (Å²) in [6.45, 7) is 5.49. The highest BCUT2D eigenvalue weighted by molar-refractivity contribution is 5.95. The van der Waals surface area contributed by atoms with Gasteiger partial charge in [0.15, 0.2) is 0 Å². The lowest BCUT2D eigenvalue weighted by Gasteiger charge is -2.18. The maximum atomic E-state index is 12.4. The zero-order valence-electron chi connectivity index (χ0n) is 13.5. The molecule has 2 aromatic rings. The number of carbonyl (C=O) groups excluding carboxylic acids is 1. The Morgan fingerprint density at radius 3 is 2.45 bits per heavy atom. The standard InChI is InChI=1S/C17H21NO4/c1-10-8-15(12(3)22-10)17(19)18-11(2)14-9-13(20-4)6-7-16(14)21-5/h6-9,11H,1-5H3,(H,18,19)/t11-/m0/s1.